The lowest BCUT2D eigenvalue weighted by molar-refractivity contribution is 0.0845. The Kier molecular flexibility index (Phi) is 3.68. The van der Waals surface area contributed by atoms with Crippen LogP contribution in [-0.2, 0) is 0 Å². The van der Waals surface area contributed by atoms with Crippen LogP contribution in [0.5, 0.6) is 0 Å². The fourth-order valence-electron chi connectivity index (χ4n) is 2.11. The molecule has 0 aliphatic heterocycles. The van der Waals surface area contributed by atoms with Crippen LogP contribution in [0.25, 0.3) is 0 Å². The van der Waals surface area contributed by atoms with Crippen LogP contribution < -0.4 is 5.32 Å². The van der Waals surface area contributed by atoms with Gasteiger partial charge in [-0.3, -0.25) is 4.79 Å². The predicted octanol–water partition coefficient (Wildman–Crippen LogP) is 1.25. The van der Waals surface area contributed by atoms with E-state index in [-0.39, 0.29) is 17.7 Å². The lowest BCUT2D eigenvalue weighted by atomic mass is 9.93. The highest BCUT2D eigenvalue weighted by atomic mass is 19.1. The van der Waals surface area contributed by atoms with Crippen LogP contribution in [0.4, 0.5) is 4.39 Å². The second-order valence-corrected chi connectivity index (χ2v) is 4.33. The molecule has 92 valence electrons. The number of amides is 1. The summed E-state index contributed by atoms with van der Waals surface area (Å²) in [7, 11) is 0. The number of hydrogen-bond acceptors (Lipinski definition) is 3. The normalized spacial score (nSPS) is 24.4. The highest BCUT2D eigenvalue weighted by molar-refractivity contribution is 5.94. The fraction of sp³-hybridized carbons (Fsp3) is 0.500. The molecule has 5 heteroatoms. The number of nitrogens with zero attached hydrogens (tertiary/aromatic N) is 1. The fourth-order valence-corrected chi connectivity index (χ4v) is 2.11. The number of aliphatic hydroxyl groups excluding tert-OH is 1. The van der Waals surface area contributed by atoms with E-state index in [1.54, 1.807) is 0 Å². The van der Waals surface area contributed by atoms with Gasteiger partial charge < -0.3 is 10.4 Å². The molecule has 0 bridgehead atoms. The summed E-state index contributed by atoms with van der Waals surface area (Å²) in [5.74, 6) is -1.23. The summed E-state index contributed by atoms with van der Waals surface area (Å²) in [6.45, 7) is 0. The highest BCUT2D eigenvalue weighted by Crippen LogP contribution is 2.18. The molecule has 1 amide bonds. The van der Waals surface area contributed by atoms with Gasteiger partial charge in [0.15, 0.2) is 0 Å². The minimum absolute atomic E-state index is 0.0486. The largest absolute Gasteiger partial charge is 0.393 e. The number of rotatable bonds is 2. The topological polar surface area (TPSA) is 62.2 Å². The van der Waals surface area contributed by atoms with E-state index in [1.807, 2.05) is 0 Å². The van der Waals surface area contributed by atoms with Gasteiger partial charge in [0.2, 0.25) is 5.95 Å². The zero-order chi connectivity index (χ0) is 12.3. The van der Waals surface area contributed by atoms with Crippen molar-refractivity contribution in [2.45, 2.75) is 37.8 Å². The molecule has 4 nitrogen and oxygen atoms in total. The summed E-state index contributed by atoms with van der Waals surface area (Å²) < 4.78 is 13.2. The zero-order valence-electron chi connectivity index (χ0n) is 9.40. The first-order valence-corrected chi connectivity index (χ1v) is 5.76. The third kappa shape index (κ3) is 3.00. The lowest BCUT2D eigenvalue weighted by Crippen LogP contribution is -2.40. The maximum absolute atomic E-state index is 13.2. The van der Waals surface area contributed by atoms with E-state index >= 15 is 0 Å². The van der Waals surface area contributed by atoms with E-state index < -0.39 is 11.9 Å². The van der Waals surface area contributed by atoms with Crippen LogP contribution in [-0.4, -0.2) is 28.1 Å². The molecule has 1 heterocycles. The number of carbonyl (C=O) groups excluding carboxylic acids is 1. The molecule has 1 saturated carbocycles. The molecule has 0 saturated heterocycles. The van der Waals surface area contributed by atoms with Crippen molar-refractivity contribution in [2.75, 3.05) is 0 Å². The van der Waals surface area contributed by atoms with Crippen molar-refractivity contribution >= 4 is 5.91 Å². The van der Waals surface area contributed by atoms with Crippen LogP contribution >= 0.6 is 0 Å². The Morgan fingerprint density at radius 3 is 3.06 bits per heavy atom. The molecule has 2 rings (SSSR count). The Hall–Kier alpha value is -1.49. The number of carbonyl (C=O) groups is 1. The SMILES string of the molecule is O=C(NC1CCCC(O)C1)c1cccnc1F. The molecule has 2 atom stereocenters. The van der Waals surface area contributed by atoms with Gasteiger partial charge in [-0.05, 0) is 37.8 Å². The van der Waals surface area contributed by atoms with Crippen LogP contribution in [0.3, 0.4) is 0 Å². The van der Waals surface area contributed by atoms with Crippen molar-refractivity contribution in [1.82, 2.24) is 10.3 Å². The van der Waals surface area contributed by atoms with E-state index in [1.165, 1.54) is 18.3 Å². The van der Waals surface area contributed by atoms with E-state index in [0.717, 1.165) is 19.3 Å². The van der Waals surface area contributed by atoms with Gasteiger partial charge in [0.05, 0.1) is 11.7 Å². The van der Waals surface area contributed by atoms with Crippen molar-refractivity contribution in [3.63, 3.8) is 0 Å². The third-order valence-corrected chi connectivity index (χ3v) is 2.99. The van der Waals surface area contributed by atoms with Gasteiger partial charge in [0.1, 0.15) is 0 Å². The first-order valence-electron chi connectivity index (χ1n) is 5.76. The number of aromatic nitrogens is 1. The molecule has 0 aromatic carbocycles. The average Bonchev–Trinajstić information content (AvgIpc) is 2.29. The Balaban J connectivity index is 1.99. The van der Waals surface area contributed by atoms with E-state index in [2.05, 4.69) is 10.3 Å². The van der Waals surface area contributed by atoms with Gasteiger partial charge in [-0.25, -0.2) is 4.98 Å². The van der Waals surface area contributed by atoms with Crippen molar-refractivity contribution < 1.29 is 14.3 Å². The van der Waals surface area contributed by atoms with Crippen LogP contribution in [0.15, 0.2) is 18.3 Å². The molecule has 2 N–H and O–H groups in total. The van der Waals surface area contributed by atoms with Crippen molar-refractivity contribution in [3.05, 3.63) is 29.8 Å². The molecule has 1 aliphatic rings. The maximum atomic E-state index is 13.2. The first-order chi connectivity index (χ1) is 8.16. The molecule has 0 spiro atoms. The summed E-state index contributed by atoms with van der Waals surface area (Å²) >= 11 is 0. The van der Waals surface area contributed by atoms with Crippen LogP contribution in [0, 0.1) is 5.95 Å². The molecule has 2 unspecified atom stereocenters. The molecular weight excluding hydrogens is 223 g/mol. The summed E-state index contributed by atoms with van der Waals surface area (Å²) in [6.07, 6.45) is 3.94. The summed E-state index contributed by atoms with van der Waals surface area (Å²) in [4.78, 5) is 15.2. The van der Waals surface area contributed by atoms with Crippen LogP contribution in [0.1, 0.15) is 36.0 Å². The summed E-state index contributed by atoms with van der Waals surface area (Å²) in [6, 6.07) is 2.84. The molecule has 1 aliphatic carbocycles. The van der Waals surface area contributed by atoms with Crippen molar-refractivity contribution in [3.8, 4) is 0 Å². The lowest BCUT2D eigenvalue weighted by Gasteiger charge is -2.26. The molecule has 0 radical (unpaired) electrons. The zero-order valence-corrected chi connectivity index (χ0v) is 9.40. The monoisotopic (exact) mass is 238 g/mol. The second-order valence-electron chi connectivity index (χ2n) is 4.33. The van der Waals surface area contributed by atoms with Gasteiger partial charge in [0, 0.05) is 12.2 Å². The Morgan fingerprint density at radius 2 is 2.35 bits per heavy atom. The molecule has 1 aromatic rings. The molecule has 1 aromatic heterocycles. The van der Waals surface area contributed by atoms with Gasteiger partial charge in [-0.2, -0.15) is 4.39 Å². The number of pyridine rings is 1. The number of halogens is 1. The third-order valence-electron chi connectivity index (χ3n) is 2.99. The Bertz CT molecular complexity index is 411. The average molecular weight is 238 g/mol. The first kappa shape index (κ1) is 12.0. The molecule has 1 fully saturated rings. The molecular formula is C12H15FN2O2. The number of aliphatic hydroxyl groups is 1. The molecule has 17 heavy (non-hydrogen) atoms. The van der Waals surface area contributed by atoms with Gasteiger partial charge in [0.25, 0.3) is 5.91 Å². The predicted molar refractivity (Wildman–Crippen MR) is 59.9 cm³/mol. The summed E-state index contributed by atoms with van der Waals surface area (Å²) in [5.41, 5.74) is -0.0486. The second kappa shape index (κ2) is 5.23. The van der Waals surface area contributed by atoms with Gasteiger partial charge in [-0.1, -0.05) is 0 Å². The minimum Gasteiger partial charge on any atom is -0.393 e. The quantitative estimate of drug-likeness (QED) is 0.762. The minimum atomic E-state index is -0.763. The van der Waals surface area contributed by atoms with E-state index in [9.17, 15) is 14.3 Å². The highest BCUT2D eigenvalue weighted by Gasteiger charge is 2.23. The smallest absolute Gasteiger partial charge is 0.256 e. The Labute approximate surface area is 98.9 Å². The number of hydrogen-bond donors (Lipinski definition) is 2. The van der Waals surface area contributed by atoms with Crippen LogP contribution in [0.2, 0.25) is 0 Å². The van der Waals surface area contributed by atoms with Crippen molar-refractivity contribution in [1.29, 1.82) is 0 Å². The van der Waals surface area contributed by atoms with Gasteiger partial charge >= 0.3 is 0 Å². The number of nitrogens with one attached hydrogen (secondary N) is 1. The standard InChI is InChI=1S/C12H15FN2O2/c13-11-10(5-2-6-14-11)12(17)15-8-3-1-4-9(16)7-8/h2,5-6,8-9,16H,1,3-4,7H2,(H,15,17). The van der Waals surface area contributed by atoms with E-state index in [0.29, 0.717) is 6.42 Å². The van der Waals surface area contributed by atoms with Gasteiger partial charge in [-0.15, -0.1) is 0 Å². The van der Waals surface area contributed by atoms with E-state index in [4.69, 9.17) is 0 Å². The van der Waals surface area contributed by atoms with Crippen molar-refractivity contribution in [2.24, 2.45) is 0 Å². The Morgan fingerprint density at radius 1 is 1.53 bits per heavy atom. The summed E-state index contributed by atoms with van der Waals surface area (Å²) in [5, 5.41) is 12.2. The maximum Gasteiger partial charge on any atom is 0.256 e.